The van der Waals surface area contributed by atoms with Crippen LogP contribution >= 0.6 is 34.7 Å². The second-order valence-corrected chi connectivity index (χ2v) is 8.57. The Morgan fingerprint density at radius 2 is 2.14 bits per heavy atom. The molecule has 0 saturated carbocycles. The Hall–Kier alpha value is -2.43. The maximum Gasteiger partial charge on any atom is 0.289 e. The molecule has 1 aromatic carbocycles. The van der Waals surface area contributed by atoms with Gasteiger partial charge in [0.05, 0.1) is 10.7 Å². The third-order valence-electron chi connectivity index (χ3n) is 4.32. The number of nitro groups is 1. The molecule has 152 valence electrons. The van der Waals surface area contributed by atoms with Crippen LogP contribution in [0.15, 0.2) is 28.7 Å². The normalized spacial score (nSPS) is 10.9. The minimum absolute atomic E-state index is 0.0184. The number of carbonyl (C=O) groups is 1. The highest BCUT2D eigenvalue weighted by Gasteiger charge is 2.18. The highest BCUT2D eigenvalue weighted by Crippen LogP contribution is 2.32. The van der Waals surface area contributed by atoms with Gasteiger partial charge in [-0.2, -0.15) is 0 Å². The van der Waals surface area contributed by atoms with Crippen LogP contribution in [0.1, 0.15) is 17.4 Å². The van der Waals surface area contributed by atoms with E-state index in [-0.39, 0.29) is 22.4 Å². The summed E-state index contributed by atoms with van der Waals surface area (Å²) in [5.41, 5.74) is 2.28. The largest absolute Gasteiger partial charge is 0.325 e. The number of carbonyl (C=O) groups excluding carboxylic acids is 1. The number of halogens is 1. The first-order chi connectivity index (χ1) is 13.8. The van der Waals surface area contributed by atoms with E-state index in [4.69, 9.17) is 11.6 Å². The van der Waals surface area contributed by atoms with Gasteiger partial charge in [-0.25, -0.2) is 0 Å². The fourth-order valence-corrected chi connectivity index (χ4v) is 4.52. The van der Waals surface area contributed by atoms with Crippen molar-refractivity contribution in [2.75, 3.05) is 11.1 Å². The highest BCUT2D eigenvalue weighted by molar-refractivity contribution is 7.99. The van der Waals surface area contributed by atoms with E-state index < -0.39 is 4.92 Å². The van der Waals surface area contributed by atoms with Crippen LogP contribution in [-0.2, 0) is 11.3 Å². The molecule has 3 rings (SSSR count). The first-order valence-corrected chi connectivity index (χ1v) is 10.9. The molecular formula is C18H18ClN5O3S2. The van der Waals surface area contributed by atoms with Gasteiger partial charge in [-0.1, -0.05) is 23.4 Å². The smallest absolute Gasteiger partial charge is 0.289 e. The van der Waals surface area contributed by atoms with Crippen LogP contribution in [0, 0.1) is 24.0 Å². The monoisotopic (exact) mass is 451 g/mol. The molecule has 8 nitrogen and oxygen atoms in total. The summed E-state index contributed by atoms with van der Waals surface area (Å²) in [6.45, 7) is 6.79. The Labute approximate surface area is 180 Å². The van der Waals surface area contributed by atoms with E-state index in [2.05, 4.69) is 34.7 Å². The molecule has 3 aromatic rings. The highest BCUT2D eigenvalue weighted by atomic mass is 35.5. The van der Waals surface area contributed by atoms with E-state index in [1.807, 2.05) is 11.5 Å². The molecule has 11 heteroatoms. The van der Waals surface area contributed by atoms with Crippen molar-refractivity contribution in [3.05, 3.63) is 49.2 Å². The maximum atomic E-state index is 12.3. The predicted molar refractivity (Wildman–Crippen MR) is 116 cm³/mol. The van der Waals surface area contributed by atoms with Crippen molar-refractivity contribution in [2.24, 2.45) is 0 Å². The molecule has 0 spiro atoms. The Morgan fingerprint density at radius 1 is 1.38 bits per heavy atom. The summed E-state index contributed by atoms with van der Waals surface area (Å²) in [7, 11) is 0. The Morgan fingerprint density at radius 3 is 2.76 bits per heavy atom. The fraction of sp³-hybridized carbons (Fsp3) is 0.278. The SMILES string of the molecule is CCn1c(SCC(=O)Nc2ccc(Cl)c([N+](=O)[O-])c2)nnc1-c1csc(C)c1C. The zero-order valence-corrected chi connectivity index (χ0v) is 18.3. The molecule has 0 unspecified atom stereocenters. The molecule has 2 aromatic heterocycles. The molecule has 1 N–H and O–H groups in total. The molecule has 0 bridgehead atoms. The van der Waals surface area contributed by atoms with Gasteiger partial charge in [0.1, 0.15) is 5.02 Å². The predicted octanol–water partition coefficient (Wildman–Crippen LogP) is 4.94. The number of hydrogen-bond acceptors (Lipinski definition) is 7. The minimum atomic E-state index is -0.591. The van der Waals surface area contributed by atoms with Crippen molar-refractivity contribution in [1.82, 2.24) is 14.8 Å². The molecule has 0 atom stereocenters. The van der Waals surface area contributed by atoms with E-state index in [1.54, 1.807) is 11.3 Å². The molecule has 0 fully saturated rings. The van der Waals surface area contributed by atoms with Crippen molar-refractivity contribution < 1.29 is 9.72 Å². The van der Waals surface area contributed by atoms with Crippen molar-refractivity contribution in [1.29, 1.82) is 0 Å². The topological polar surface area (TPSA) is 103 Å². The lowest BCUT2D eigenvalue weighted by Crippen LogP contribution is -2.14. The first-order valence-electron chi connectivity index (χ1n) is 8.66. The molecule has 2 heterocycles. The van der Waals surface area contributed by atoms with Crippen LogP contribution in [0.3, 0.4) is 0 Å². The summed E-state index contributed by atoms with van der Waals surface area (Å²) in [5.74, 6) is 0.572. The maximum absolute atomic E-state index is 12.3. The van der Waals surface area contributed by atoms with E-state index in [0.717, 1.165) is 11.4 Å². The van der Waals surface area contributed by atoms with Crippen molar-refractivity contribution >= 4 is 52.0 Å². The van der Waals surface area contributed by atoms with Gasteiger partial charge < -0.3 is 9.88 Å². The molecule has 0 radical (unpaired) electrons. The van der Waals surface area contributed by atoms with Crippen molar-refractivity contribution in [3.8, 4) is 11.4 Å². The van der Waals surface area contributed by atoms with Gasteiger partial charge in [0.25, 0.3) is 5.69 Å². The summed E-state index contributed by atoms with van der Waals surface area (Å²) in [4.78, 5) is 23.9. The number of thioether (sulfide) groups is 1. The minimum Gasteiger partial charge on any atom is -0.325 e. The van der Waals surface area contributed by atoms with Crippen molar-refractivity contribution in [2.45, 2.75) is 32.5 Å². The average molecular weight is 452 g/mol. The molecule has 29 heavy (non-hydrogen) atoms. The number of nitrogens with zero attached hydrogens (tertiary/aromatic N) is 4. The second-order valence-electron chi connectivity index (χ2n) is 6.14. The zero-order valence-electron chi connectivity index (χ0n) is 15.9. The molecule has 0 aliphatic rings. The molecular weight excluding hydrogens is 434 g/mol. The Bertz CT molecular complexity index is 1080. The number of benzene rings is 1. The second kappa shape index (κ2) is 8.93. The van der Waals surface area contributed by atoms with Crippen LogP contribution in [-0.4, -0.2) is 31.3 Å². The van der Waals surface area contributed by atoms with E-state index in [0.29, 0.717) is 17.4 Å². The van der Waals surface area contributed by atoms with Crippen LogP contribution in [0.25, 0.3) is 11.4 Å². The summed E-state index contributed by atoms with van der Waals surface area (Å²) in [6, 6.07) is 4.14. The summed E-state index contributed by atoms with van der Waals surface area (Å²) >= 11 is 8.72. The number of hydrogen-bond donors (Lipinski definition) is 1. The lowest BCUT2D eigenvalue weighted by atomic mass is 10.1. The van der Waals surface area contributed by atoms with Gasteiger partial charge >= 0.3 is 0 Å². The summed E-state index contributed by atoms with van der Waals surface area (Å²) in [6.07, 6.45) is 0. The first kappa shape index (κ1) is 21.3. The van der Waals surface area contributed by atoms with Crippen LogP contribution in [0.5, 0.6) is 0 Å². The quantitative estimate of drug-likeness (QED) is 0.310. The third-order valence-corrected chi connectivity index (χ3v) is 6.62. The van der Waals surface area contributed by atoms with Gasteiger partial charge in [0, 0.05) is 34.1 Å². The number of nitrogens with one attached hydrogen (secondary N) is 1. The number of nitro benzene ring substituents is 1. The average Bonchev–Trinajstić information content (AvgIpc) is 3.24. The fourth-order valence-electron chi connectivity index (χ4n) is 2.67. The lowest BCUT2D eigenvalue weighted by molar-refractivity contribution is -0.384. The van der Waals surface area contributed by atoms with Crippen LogP contribution < -0.4 is 5.32 Å². The zero-order chi connectivity index (χ0) is 21.1. The van der Waals surface area contributed by atoms with E-state index in [1.165, 1.54) is 40.4 Å². The molecule has 0 aliphatic carbocycles. The van der Waals surface area contributed by atoms with E-state index in [9.17, 15) is 14.9 Å². The Kier molecular flexibility index (Phi) is 6.56. The summed E-state index contributed by atoms with van der Waals surface area (Å²) < 4.78 is 1.97. The number of aryl methyl sites for hydroxylation is 1. The number of aromatic nitrogens is 3. The third kappa shape index (κ3) is 4.60. The van der Waals surface area contributed by atoms with E-state index >= 15 is 0 Å². The molecule has 0 aliphatic heterocycles. The number of anilines is 1. The van der Waals surface area contributed by atoms with Gasteiger partial charge in [-0.3, -0.25) is 14.9 Å². The van der Waals surface area contributed by atoms with Gasteiger partial charge in [0.15, 0.2) is 11.0 Å². The Balaban J connectivity index is 1.70. The van der Waals surface area contributed by atoms with Crippen LogP contribution in [0.4, 0.5) is 11.4 Å². The van der Waals surface area contributed by atoms with Crippen molar-refractivity contribution in [3.63, 3.8) is 0 Å². The number of rotatable bonds is 7. The molecule has 1 amide bonds. The van der Waals surface area contributed by atoms with Crippen LogP contribution in [0.2, 0.25) is 5.02 Å². The molecule has 0 saturated heterocycles. The number of thiophene rings is 1. The van der Waals surface area contributed by atoms with Gasteiger partial charge in [-0.05, 0) is 38.5 Å². The standard InChI is InChI=1S/C18H18ClN5O3S2/c1-4-23-17(13-8-28-11(3)10(13)2)21-22-18(23)29-9-16(25)20-12-5-6-14(19)15(7-12)24(26)27/h5-8H,4,9H2,1-3H3,(H,20,25). The lowest BCUT2D eigenvalue weighted by Gasteiger charge is -2.08. The van der Waals surface area contributed by atoms with Gasteiger partial charge in [0.2, 0.25) is 5.91 Å². The summed E-state index contributed by atoms with van der Waals surface area (Å²) in [5, 5.41) is 24.9. The number of amides is 1. The van der Waals surface area contributed by atoms with Gasteiger partial charge in [-0.15, -0.1) is 21.5 Å².